The highest BCUT2D eigenvalue weighted by Gasteiger charge is 2.11. The number of hydrogen-bond acceptors (Lipinski definition) is 7. The first-order valence-electron chi connectivity index (χ1n) is 6.09. The second kappa shape index (κ2) is 6.90. The number of aromatic amines is 1. The van der Waals surface area contributed by atoms with Crippen LogP contribution in [0.3, 0.4) is 0 Å². The number of benzene rings is 1. The summed E-state index contributed by atoms with van der Waals surface area (Å²) in [6.07, 6.45) is 1.96. The molecule has 3 rings (SSSR count). The van der Waals surface area contributed by atoms with E-state index in [-0.39, 0.29) is 5.82 Å². The van der Waals surface area contributed by atoms with Crippen molar-refractivity contribution < 1.29 is 4.39 Å². The third-order valence-electron chi connectivity index (χ3n) is 2.67. The van der Waals surface area contributed by atoms with E-state index in [2.05, 4.69) is 20.3 Å². The van der Waals surface area contributed by atoms with Crippen molar-refractivity contribution >= 4 is 47.1 Å². The van der Waals surface area contributed by atoms with Gasteiger partial charge in [0.15, 0.2) is 14.1 Å². The molecule has 114 valence electrons. The van der Waals surface area contributed by atoms with Gasteiger partial charge in [-0.05, 0) is 30.6 Å². The van der Waals surface area contributed by atoms with Gasteiger partial charge in [0, 0.05) is 0 Å². The molecule has 10 heteroatoms. The van der Waals surface area contributed by atoms with Crippen molar-refractivity contribution in [1.29, 1.82) is 0 Å². The monoisotopic (exact) mass is 371 g/mol. The summed E-state index contributed by atoms with van der Waals surface area (Å²) in [4.78, 5) is 4.29. The molecule has 2 aromatic heterocycles. The lowest BCUT2D eigenvalue weighted by atomic mass is 10.2. The molecule has 0 bridgehead atoms. The van der Waals surface area contributed by atoms with Crippen molar-refractivity contribution in [3.63, 3.8) is 0 Å². The molecule has 0 aliphatic heterocycles. The van der Waals surface area contributed by atoms with E-state index in [9.17, 15) is 4.39 Å². The van der Waals surface area contributed by atoms with Gasteiger partial charge < -0.3 is 0 Å². The number of halogens is 1. The number of thioether (sulfide) groups is 2. The molecular weight excluding hydrogens is 361 g/mol. The highest BCUT2D eigenvalue weighted by molar-refractivity contribution is 8.00. The summed E-state index contributed by atoms with van der Waals surface area (Å²) in [6.45, 7) is 0. The number of nitrogens with zero attached hydrogens (tertiary/aromatic N) is 4. The molecule has 0 spiro atoms. The topological polar surface area (TPSA) is 59.4 Å². The summed E-state index contributed by atoms with van der Waals surface area (Å²) in [5.74, 6) is 0.596. The van der Waals surface area contributed by atoms with E-state index in [1.807, 2.05) is 6.26 Å². The van der Waals surface area contributed by atoms with E-state index < -0.39 is 0 Å². The predicted octanol–water partition coefficient (Wildman–Crippen LogP) is 4.07. The fraction of sp³-hybridized carbons (Fsp3) is 0.167. The van der Waals surface area contributed by atoms with Gasteiger partial charge in [-0.25, -0.2) is 14.1 Å². The number of aromatic nitrogens is 5. The molecule has 0 fully saturated rings. The van der Waals surface area contributed by atoms with Crippen LogP contribution in [-0.4, -0.2) is 31.2 Å². The standard InChI is InChI=1S/C12H10FN5S4/c1-20-11-17-18(12(19)22-11)6-21-10-14-9(15-16-10)7-4-2-3-5-8(7)13/h2-5H,6H2,1H3,(H,14,15,16). The second-order valence-corrected chi connectivity index (χ2v) is 7.65. The lowest BCUT2D eigenvalue weighted by Crippen LogP contribution is -1.97. The van der Waals surface area contributed by atoms with E-state index in [0.717, 1.165) is 4.34 Å². The zero-order valence-corrected chi connectivity index (χ0v) is 14.6. The van der Waals surface area contributed by atoms with Crippen LogP contribution in [0.25, 0.3) is 11.4 Å². The fourth-order valence-corrected chi connectivity index (χ4v) is 4.26. The van der Waals surface area contributed by atoms with Crippen molar-refractivity contribution in [2.75, 3.05) is 6.26 Å². The Hall–Kier alpha value is -1.23. The molecule has 0 aliphatic rings. The lowest BCUT2D eigenvalue weighted by Gasteiger charge is -1.97. The maximum Gasteiger partial charge on any atom is 0.210 e. The minimum atomic E-state index is -0.332. The van der Waals surface area contributed by atoms with Crippen molar-refractivity contribution in [2.24, 2.45) is 0 Å². The Balaban J connectivity index is 1.73. The molecule has 0 unspecified atom stereocenters. The Labute approximate surface area is 143 Å². The molecule has 0 saturated carbocycles. The molecule has 1 N–H and O–H groups in total. The first-order chi connectivity index (χ1) is 10.7. The molecule has 22 heavy (non-hydrogen) atoms. The van der Waals surface area contributed by atoms with Gasteiger partial charge in [0.25, 0.3) is 0 Å². The van der Waals surface area contributed by atoms with E-state index in [4.69, 9.17) is 12.2 Å². The fourth-order valence-electron chi connectivity index (χ4n) is 1.65. The van der Waals surface area contributed by atoms with Crippen LogP contribution in [0, 0.1) is 9.77 Å². The number of hydrogen-bond donors (Lipinski definition) is 1. The van der Waals surface area contributed by atoms with E-state index in [1.54, 1.807) is 34.6 Å². The van der Waals surface area contributed by atoms with Gasteiger partial charge in [0.05, 0.1) is 11.4 Å². The largest absolute Gasteiger partial charge is 0.258 e. The minimum Gasteiger partial charge on any atom is -0.258 e. The molecule has 0 amide bonds. The van der Waals surface area contributed by atoms with Crippen LogP contribution in [0.2, 0.25) is 0 Å². The smallest absolute Gasteiger partial charge is 0.210 e. The van der Waals surface area contributed by atoms with Crippen molar-refractivity contribution in [3.05, 3.63) is 34.0 Å². The third kappa shape index (κ3) is 3.40. The summed E-state index contributed by atoms with van der Waals surface area (Å²) in [7, 11) is 0. The first-order valence-corrected chi connectivity index (χ1v) is 9.53. The van der Waals surface area contributed by atoms with Crippen LogP contribution in [-0.2, 0) is 5.88 Å². The normalized spacial score (nSPS) is 11.0. The zero-order chi connectivity index (χ0) is 15.5. The van der Waals surface area contributed by atoms with E-state index in [1.165, 1.54) is 29.2 Å². The van der Waals surface area contributed by atoms with Crippen LogP contribution < -0.4 is 0 Å². The van der Waals surface area contributed by atoms with Crippen LogP contribution in [0.15, 0.2) is 33.8 Å². The molecule has 1 aromatic carbocycles. The van der Waals surface area contributed by atoms with Gasteiger partial charge in [0.1, 0.15) is 5.82 Å². The van der Waals surface area contributed by atoms with Crippen LogP contribution in [0.1, 0.15) is 0 Å². The predicted molar refractivity (Wildman–Crippen MR) is 90.4 cm³/mol. The second-order valence-electron chi connectivity index (χ2n) is 4.06. The Morgan fingerprint density at radius 3 is 2.95 bits per heavy atom. The lowest BCUT2D eigenvalue weighted by molar-refractivity contribution is 0.630. The summed E-state index contributed by atoms with van der Waals surface area (Å²) in [6, 6.07) is 6.44. The van der Waals surface area contributed by atoms with Crippen LogP contribution >= 0.6 is 47.1 Å². The molecule has 0 saturated heterocycles. The van der Waals surface area contributed by atoms with Gasteiger partial charge >= 0.3 is 0 Å². The Bertz CT molecular complexity index is 840. The van der Waals surface area contributed by atoms with E-state index in [0.29, 0.717) is 26.4 Å². The molecule has 0 atom stereocenters. The molecule has 5 nitrogen and oxygen atoms in total. The average molecular weight is 372 g/mol. The van der Waals surface area contributed by atoms with Gasteiger partial charge in [0.2, 0.25) is 5.16 Å². The maximum absolute atomic E-state index is 13.7. The SMILES string of the molecule is CSc1nn(CSc2n[nH]c(-c3ccccc3F)n2)c(=S)s1. The highest BCUT2D eigenvalue weighted by Crippen LogP contribution is 2.24. The zero-order valence-electron chi connectivity index (χ0n) is 11.3. The number of H-pyrrole nitrogens is 1. The molecule has 2 heterocycles. The molecular formula is C12H10FN5S4. The summed E-state index contributed by atoms with van der Waals surface area (Å²) >= 11 is 9.67. The quantitative estimate of drug-likeness (QED) is 0.539. The van der Waals surface area contributed by atoms with Crippen molar-refractivity contribution in [2.45, 2.75) is 15.4 Å². The van der Waals surface area contributed by atoms with Crippen molar-refractivity contribution in [1.82, 2.24) is 25.0 Å². The summed E-state index contributed by atoms with van der Waals surface area (Å²) in [5, 5.41) is 11.7. The average Bonchev–Trinajstić information content (AvgIpc) is 3.12. The van der Waals surface area contributed by atoms with Gasteiger partial charge in [-0.1, -0.05) is 47.0 Å². The Kier molecular flexibility index (Phi) is 4.91. The van der Waals surface area contributed by atoms with Crippen LogP contribution in [0.4, 0.5) is 4.39 Å². The van der Waals surface area contributed by atoms with Gasteiger partial charge in [-0.15, -0.1) is 5.10 Å². The Morgan fingerprint density at radius 1 is 1.41 bits per heavy atom. The highest BCUT2D eigenvalue weighted by atomic mass is 32.2. The van der Waals surface area contributed by atoms with E-state index >= 15 is 0 Å². The van der Waals surface area contributed by atoms with Crippen LogP contribution in [0.5, 0.6) is 0 Å². The summed E-state index contributed by atoms with van der Waals surface area (Å²) < 4.78 is 17.1. The van der Waals surface area contributed by atoms with Gasteiger partial charge in [-0.3, -0.25) is 5.10 Å². The molecule has 0 radical (unpaired) electrons. The van der Waals surface area contributed by atoms with Gasteiger partial charge in [-0.2, -0.15) is 5.10 Å². The number of nitrogens with one attached hydrogen (secondary N) is 1. The molecule has 3 aromatic rings. The minimum absolute atomic E-state index is 0.332. The summed E-state index contributed by atoms with van der Waals surface area (Å²) in [5.41, 5.74) is 0.400. The maximum atomic E-state index is 13.7. The third-order valence-corrected chi connectivity index (χ3v) is 5.77. The van der Waals surface area contributed by atoms with Crippen molar-refractivity contribution in [3.8, 4) is 11.4 Å². The number of rotatable bonds is 5. The Morgan fingerprint density at radius 2 is 2.23 bits per heavy atom. The first kappa shape index (κ1) is 15.7. The molecule has 0 aliphatic carbocycles.